The molecule has 0 aromatic heterocycles. The zero-order chi connectivity index (χ0) is 16.7. The van der Waals surface area contributed by atoms with E-state index in [2.05, 4.69) is 0 Å². The number of aliphatic hydroxyl groups excluding tert-OH is 1. The van der Waals surface area contributed by atoms with Gasteiger partial charge in [0.15, 0.2) is 15.6 Å². The highest BCUT2D eigenvalue weighted by Gasteiger charge is 2.21. The first-order valence-corrected chi connectivity index (χ1v) is 9.14. The van der Waals surface area contributed by atoms with Crippen LogP contribution in [0, 0.1) is 0 Å². The highest BCUT2D eigenvalue weighted by molar-refractivity contribution is 7.92. The molecular formula is C18H20O4S. The second-order valence-electron chi connectivity index (χ2n) is 5.49. The van der Waals surface area contributed by atoms with Crippen LogP contribution in [-0.2, 0) is 21.1 Å². The van der Waals surface area contributed by atoms with Gasteiger partial charge in [-0.25, -0.2) is 8.42 Å². The van der Waals surface area contributed by atoms with Gasteiger partial charge in [-0.1, -0.05) is 48.5 Å². The second kappa shape index (κ2) is 8.04. The summed E-state index contributed by atoms with van der Waals surface area (Å²) in [7, 11) is -3.63. The minimum Gasteiger partial charge on any atom is -0.393 e. The molecule has 1 N–H and O–H groups in total. The maximum absolute atomic E-state index is 12.1. The Balaban J connectivity index is 1.84. The fourth-order valence-corrected chi connectivity index (χ4v) is 3.61. The van der Waals surface area contributed by atoms with Crippen LogP contribution in [0.5, 0.6) is 0 Å². The Morgan fingerprint density at radius 3 is 2.13 bits per heavy atom. The lowest BCUT2D eigenvalue weighted by atomic mass is 10.0. The van der Waals surface area contributed by atoms with Crippen LogP contribution in [0.4, 0.5) is 0 Å². The first kappa shape index (κ1) is 17.4. The average molecular weight is 332 g/mol. The summed E-state index contributed by atoms with van der Waals surface area (Å²) < 4.78 is 24.2. The smallest absolute Gasteiger partial charge is 0.185 e. The molecule has 2 aromatic carbocycles. The third-order valence-corrected chi connectivity index (χ3v) is 5.22. The van der Waals surface area contributed by atoms with Gasteiger partial charge in [-0.2, -0.15) is 0 Å². The predicted molar refractivity (Wildman–Crippen MR) is 88.9 cm³/mol. The summed E-state index contributed by atoms with van der Waals surface area (Å²) in [5.41, 5.74) is 1.08. The molecule has 5 heteroatoms. The Kier molecular flexibility index (Phi) is 6.07. The maximum atomic E-state index is 12.1. The Bertz CT molecular complexity index is 724. The van der Waals surface area contributed by atoms with Gasteiger partial charge in [-0.15, -0.1) is 0 Å². The Hall–Kier alpha value is -1.98. The molecule has 0 bridgehead atoms. The first-order chi connectivity index (χ1) is 11.0. The average Bonchev–Trinajstić information content (AvgIpc) is 2.54. The van der Waals surface area contributed by atoms with E-state index in [1.54, 1.807) is 18.2 Å². The minimum absolute atomic E-state index is 0.132. The SMILES string of the molecule is O=C(CC(O)CCc1ccccc1)CS(=O)(=O)c1ccccc1. The molecule has 0 aliphatic carbocycles. The molecule has 0 heterocycles. The maximum Gasteiger partial charge on any atom is 0.185 e. The van der Waals surface area contributed by atoms with E-state index in [4.69, 9.17) is 0 Å². The Morgan fingerprint density at radius 2 is 1.52 bits per heavy atom. The number of rotatable bonds is 8. The van der Waals surface area contributed by atoms with E-state index >= 15 is 0 Å². The monoisotopic (exact) mass is 332 g/mol. The van der Waals surface area contributed by atoms with Crippen LogP contribution >= 0.6 is 0 Å². The summed E-state index contributed by atoms with van der Waals surface area (Å²) in [4.78, 5) is 12.0. The lowest BCUT2D eigenvalue weighted by Crippen LogP contribution is -2.21. The van der Waals surface area contributed by atoms with Crippen LogP contribution < -0.4 is 0 Å². The number of carbonyl (C=O) groups excluding carboxylic acids is 1. The number of ketones is 1. The quantitative estimate of drug-likeness (QED) is 0.806. The van der Waals surface area contributed by atoms with Crippen molar-refractivity contribution in [3.05, 3.63) is 66.2 Å². The number of benzene rings is 2. The predicted octanol–water partition coefficient (Wildman–Crippen LogP) is 2.41. The Labute approximate surface area is 136 Å². The molecule has 1 atom stereocenters. The number of Topliss-reactive ketones (excluding diaryl/α,β-unsaturated/α-hetero) is 1. The highest BCUT2D eigenvalue weighted by Crippen LogP contribution is 2.13. The third kappa shape index (κ3) is 5.62. The van der Waals surface area contributed by atoms with Crippen molar-refractivity contribution < 1.29 is 18.3 Å². The van der Waals surface area contributed by atoms with Crippen LogP contribution in [0.3, 0.4) is 0 Å². The molecule has 122 valence electrons. The lowest BCUT2D eigenvalue weighted by Gasteiger charge is -2.10. The van der Waals surface area contributed by atoms with Crippen molar-refractivity contribution in [3.8, 4) is 0 Å². The van der Waals surface area contributed by atoms with Crippen molar-refractivity contribution in [3.63, 3.8) is 0 Å². The normalized spacial score (nSPS) is 12.7. The first-order valence-electron chi connectivity index (χ1n) is 7.49. The van der Waals surface area contributed by atoms with Crippen molar-refractivity contribution in [1.82, 2.24) is 0 Å². The van der Waals surface area contributed by atoms with Crippen LogP contribution in [0.15, 0.2) is 65.6 Å². The van der Waals surface area contributed by atoms with Gasteiger partial charge in [-0.3, -0.25) is 4.79 Å². The molecule has 0 aliphatic heterocycles. The molecule has 4 nitrogen and oxygen atoms in total. The second-order valence-corrected chi connectivity index (χ2v) is 7.48. The molecule has 0 aliphatic rings. The van der Waals surface area contributed by atoms with Gasteiger partial charge in [0, 0.05) is 6.42 Å². The summed E-state index contributed by atoms with van der Waals surface area (Å²) in [6, 6.07) is 17.5. The molecule has 23 heavy (non-hydrogen) atoms. The van der Waals surface area contributed by atoms with Crippen LogP contribution in [-0.4, -0.2) is 31.2 Å². The van der Waals surface area contributed by atoms with Gasteiger partial charge in [0.25, 0.3) is 0 Å². The standard InChI is InChI=1S/C18H20O4S/c19-16(12-11-15-7-3-1-4-8-15)13-17(20)14-23(21,22)18-9-5-2-6-10-18/h1-10,16,19H,11-14H2. The van der Waals surface area contributed by atoms with Gasteiger partial charge in [0.05, 0.1) is 11.0 Å². The van der Waals surface area contributed by atoms with Crippen LogP contribution in [0.1, 0.15) is 18.4 Å². The fraction of sp³-hybridized carbons (Fsp3) is 0.278. The van der Waals surface area contributed by atoms with E-state index in [9.17, 15) is 18.3 Å². The largest absolute Gasteiger partial charge is 0.393 e. The fourth-order valence-electron chi connectivity index (χ4n) is 2.32. The summed E-state index contributed by atoms with van der Waals surface area (Å²) in [6.07, 6.45) is 0.120. The zero-order valence-corrected chi connectivity index (χ0v) is 13.6. The highest BCUT2D eigenvalue weighted by atomic mass is 32.2. The number of aliphatic hydroxyl groups is 1. The van der Waals surface area contributed by atoms with Crippen molar-refractivity contribution in [2.45, 2.75) is 30.3 Å². The van der Waals surface area contributed by atoms with Gasteiger partial charge >= 0.3 is 0 Å². The molecule has 0 radical (unpaired) electrons. The topological polar surface area (TPSA) is 71.4 Å². The van der Waals surface area contributed by atoms with Crippen molar-refractivity contribution in [2.75, 3.05) is 5.75 Å². The molecule has 0 saturated carbocycles. The van der Waals surface area contributed by atoms with Crippen molar-refractivity contribution in [1.29, 1.82) is 0 Å². The molecule has 0 spiro atoms. The molecule has 0 amide bonds. The van der Waals surface area contributed by atoms with E-state index in [0.717, 1.165) is 5.56 Å². The number of hydrogen-bond donors (Lipinski definition) is 1. The third-order valence-electron chi connectivity index (χ3n) is 3.53. The van der Waals surface area contributed by atoms with E-state index < -0.39 is 27.5 Å². The number of hydrogen-bond acceptors (Lipinski definition) is 4. The van der Waals surface area contributed by atoms with E-state index in [0.29, 0.717) is 12.8 Å². The van der Waals surface area contributed by atoms with E-state index in [-0.39, 0.29) is 11.3 Å². The number of carbonyl (C=O) groups is 1. The molecule has 2 aromatic rings. The van der Waals surface area contributed by atoms with Gasteiger partial charge in [0.2, 0.25) is 0 Å². The zero-order valence-electron chi connectivity index (χ0n) is 12.8. The summed E-state index contributed by atoms with van der Waals surface area (Å²) in [6.45, 7) is 0. The Morgan fingerprint density at radius 1 is 0.957 bits per heavy atom. The molecule has 1 unspecified atom stereocenters. The van der Waals surface area contributed by atoms with Gasteiger partial charge < -0.3 is 5.11 Å². The van der Waals surface area contributed by atoms with Gasteiger partial charge in [0.1, 0.15) is 5.75 Å². The number of aryl methyl sites for hydroxylation is 1. The van der Waals surface area contributed by atoms with Crippen LogP contribution in [0.25, 0.3) is 0 Å². The van der Waals surface area contributed by atoms with Crippen molar-refractivity contribution >= 4 is 15.6 Å². The van der Waals surface area contributed by atoms with Gasteiger partial charge in [-0.05, 0) is 30.5 Å². The molecule has 0 saturated heterocycles. The van der Waals surface area contributed by atoms with E-state index in [1.165, 1.54) is 12.1 Å². The molecule has 0 fully saturated rings. The molecule has 2 rings (SSSR count). The summed E-state index contributed by atoms with van der Waals surface area (Å²) in [5.74, 6) is -1.03. The minimum atomic E-state index is -3.63. The lowest BCUT2D eigenvalue weighted by molar-refractivity contribution is -0.118. The van der Waals surface area contributed by atoms with Crippen molar-refractivity contribution in [2.24, 2.45) is 0 Å². The number of sulfone groups is 1. The van der Waals surface area contributed by atoms with E-state index in [1.807, 2.05) is 30.3 Å². The molecular weight excluding hydrogens is 312 g/mol. The summed E-state index contributed by atoms with van der Waals surface area (Å²) in [5, 5.41) is 9.93. The van der Waals surface area contributed by atoms with Crippen LogP contribution in [0.2, 0.25) is 0 Å². The summed E-state index contributed by atoms with van der Waals surface area (Å²) >= 11 is 0.